The highest BCUT2D eigenvalue weighted by Gasteiger charge is 2.18. The maximum atomic E-state index is 12.6. The van der Waals surface area contributed by atoms with Crippen molar-refractivity contribution >= 4 is 39.7 Å². The second kappa shape index (κ2) is 10.2. The molecule has 0 unspecified atom stereocenters. The summed E-state index contributed by atoms with van der Waals surface area (Å²) in [5.74, 6) is -0.140. The van der Waals surface area contributed by atoms with Crippen molar-refractivity contribution in [2.75, 3.05) is 23.6 Å². The third-order valence-corrected chi connectivity index (χ3v) is 5.14. The second-order valence-electron chi connectivity index (χ2n) is 5.71. The molecule has 0 fully saturated rings. The molecule has 0 aromatic heterocycles. The number of halogens is 1. The van der Waals surface area contributed by atoms with Crippen LogP contribution >= 0.6 is 12.4 Å². The Morgan fingerprint density at radius 3 is 2.38 bits per heavy atom. The topological polar surface area (TPSA) is 87.3 Å². The summed E-state index contributed by atoms with van der Waals surface area (Å²) in [5.41, 5.74) is 1.56. The molecule has 2 rings (SSSR count). The van der Waals surface area contributed by atoms with Crippen LogP contribution in [-0.2, 0) is 14.8 Å². The van der Waals surface area contributed by atoms with Crippen LogP contribution in [0.5, 0.6) is 0 Å². The number of para-hydroxylation sites is 1. The third-order valence-electron chi connectivity index (χ3n) is 3.62. The lowest BCUT2D eigenvalue weighted by atomic mass is 10.2. The van der Waals surface area contributed by atoms with Crippen LogP contribution in [0.15, 0.2) is 53.4 Å². The fourth-order valence-corrected chi connectivity index (χ4v) is 3.66. The molecule has 0 radical (unpaired) electrons. The van der Waals surface area contributed by atoms with Gasteiger partial charge in [-0.05, 0) is 56.8 Å². The van der Waals surface area contributed by atoms with Gasteiger partial charge in [-0.3, -0.25) is 9.52 Å². The minimum absolute atomic E-state index is 0. The number of hydrogen-bond acceptors (Lipinski definition) is 4. The van der Waals surface area contributed by atoms with Gasteiger partial charge in [0.2, 0.25) is 5.91 Å². The molecule has 0 heterocycles. The maximum absolute atomic E-state index is 12.6. The molecular weight excluding hydrogens is 374 g/mol. The predicted molar refractivity (Wildman–Crippen MR) is 107 cm³/mol. The largest absolute Gasteiger partial charge is 0.326 e. The van der Waals surface area contributed by atoms with Gasteiger partial charge in [0.15, 0.2) is 0 Å². The number of anilines is 2. The Labute approximate surface area is 160 Å². The van der Waals surface area contributed by atoms with Gasteiger partial charge in [-0.15, -0.1) is 12.4 Å². The van der Waals surface area contributed by atoms with Crippen molar-refractivity contribution < 1.29 is 13.2 Å². The summed E-state index contributed by atoms with van der Waals surface area (Å²) >= 11 is 0. The zero-order valence-electron chi connectivity index (χ0n) is 14.8. The summed E-state index contributed by atoms with van der Waals surface area (Å²) in [6.07, 6.45) is 1.09. The number of nitrogens with one attached hydrogen (secondary N) is 3. The molecule has 26 heavy (non-hydrogen) atoms. The van der Waals surface area contributed by atoms with Gasteiger partial charge in [0, 0.05) is 17.8 Å². The Kier molecular flexibility index (Phi) is 8.57. The molecule has 0 aliphatic heterocycles. The second-order valence-corrected chi connectivity index (χ2v) is 7.36. The van der Waals surface area contributed by atoms with Gasteiger partial charge >= 0.3 is 0 Å². The van der Waals surface area contributed by atoms with Gasteiger partial charge in [0.1, 0.15) is 0 Å². The van der Waals surface area contributed by atoms with Crippen LogP contribution in [0.2, 0.25) is 0 Å². The van der Waals surface area contributed by atoms with E-state index in [0.29, 0.717) is 23.4 Å². The first-order valence-electron chi connectivity index (χ1n) is 8.05. The molecule has 0 saturated carbocycles. The first-order chi connectivity index (χ1) is 11.9. The van der Waals surface area contributed by atoms with Crippen LogP contribution in [0.4, 0.5) is 11.4 Å². The van der Waals surface area contributed by atoms with Crippen LogP contribution in [0.1, 0.15) is 18.4 Å². The standard InChI is InChI=1S/C18H23N3O3S.ClH/c1-14-10-11-16(20-18(22)9-6-12-19-2)13-17(14)25(23,24)21-15-7-4-3-5-8-15;/h3-5,7-8,10-11,13,19,21H,6,9,12H2,1-2H3,(H,20,22);1H. The van der Waals surface area contributed by atoms with Crippen LogP contribution < -0.4 is 15.4 Å². The zero-order chi connectivity index (χ0) is 18.3. The minimum atomic E-state index is -3.73. The third kappa shape index (κ3) is 6.33. The molecule has 8 heteroatoms. The molecule has 6 nitrogen and oxygen atoms in total. The summed E-state index contributed by atoms with van der Waals surface area (Å²) in [7, 11) is -1.91. The Balaban J connectivity index is 0.00000338. The Morgan fingerprint density at radius 1 is 1.04 bits per heavy atom. The Morgan fingerprint density at radius 2 is 1.73 bits per heavy atom. The number of aryl methyl sites for hydroxylation is 1. The van der Waals surface area contributed by atoms with Crippen molar-refractivity contribution in [1.82, 2.24) is 5.32 Å². The molecule has 0 saturated heterocycles. The molecule has 142 valence electrons. The average molecular weight is 398 g/mol. The van der Waals surface area contributed by atoms with E-state index in [4.69, 9.17) is 0 Å². The first kappa shape index (κ1) is 22.0. The lowest BCUT2D eigenvalue weighted by Gasteiger charge is -2.12. The van der Waals surface area contributed by atoms with E-state index in [-0.39, 0.29) is 23.2 Å². The van der Waals surface area contributed by atoms with Gasteiger partial charge in [-0.1, -0.05) is 24.3 Å². The molecule has 0 aliphatic rings. The number of benzene rings is 2. The lowest BCUT2D eigenvalue weighted by Crippen LogP contribution is -2.17. The average Bonchev–Trinajstić information content (AvgIpc) is 2.57. The van der Waals surface area contributed by atoms with Crippen molar-refractivity contribution in [2.24, 2.45) is 0 Å². The number of sulfonamides is 1. The fourth-order valence-electron chi connectivity index (χ4n) is 2.33. The molecule has 2 aromatic carbocycles. The van der Waals surface area contributed by atoms with E-state index in [1.54, 1.807) is 43.3 Å². The molecule has 0 aliphatic carbocycles. The van der Waals surface area contributed by atoms with E-state index in [9.17, 15) is 13.2 Å². The van der Waals surface area contributed by atoms with Crippen LogP contribution in [0.25, 0.3) is 0 Å². The van der Waals surface area contributed by atoms with E-state index >= 15 is 0 Å². The summed E-state index contributed by atoms with van der Waals surface area (Å²) in [4.78, 5) is 12.1. The molecule has 1 amide bonds. The first-order valence-corrected chi connectivity index (χ1v) is 9.53. The van der Waals surface area contributed by atoms with E-state index in [2.05, 4.69) is 15.4 Å². The molecular formula is C18H24ClN3O3S. The number of carbonyl (C=O) groups excluding carboxylic acids is 1. The molecule has 3 N–H and O–H groups in total. The van der Waals surface area contributed by atoms with Crippen molar-refractivity contribution in [3.05, 3.63) is 54.1 Å². The Hall–Kier alpha value is -2.09. The minimum Gasteiger partial charge on any atom is -0.326 e. The smallest absolute Gasteiger partial charge is 0.262 e. The fraction of sp³-hybridized carbons (Fsp3) is 0.278. The van der Waals surface area contributed by atoms with E-state index in [1.807, 2.05) is 13.1 Å². The maximum Gasteiger partial charge on any atom is 0.262 e. The van der Waals surface area contributed by atoms with Crippen molar-refractivity contribution in [1.29, 1.82) is 0 Å². The highest BCUT2D eigenvalue weighted by molar-refractivity contribution is 7.92. The lowest BCUT2D eigenvalue weighted by molar-refractivity contribution is -0.116. The Bertz CT molecular complexity index is 827. The quantitative estimate of drug-likeness (QED) is 0.597. The number of carbonyl (C=O) groups is 1. The van der Waals surface area contributed by atoms with Gasteiger partial charge in [0.05, 0.1) is 4.90 Å². The van der Waals surface area contributed by atoms with Crippen LogP contribution in [0, 0.1) is 6.92 Å². The van der Waals surface area contributed by atoms with Gasteiger partial charge < -0.3 is 10.6 Å². The SMILES string of the molecule is CNCCCC(=O)Nc1ccc(C)c(S(=O)(=O)Nc2ccccc2)c1.Cl. The number of rotatable bonds is 8. The molecule has 0 spiro atoms. The zero-order valence-corrected chi connectivity index (χ0v) is 16.4. The molecule has 0 atom stereocenters. The van der Waals surface area contributed by atoms with Crippen molar-refractivity contribution in [3.63, 3.8) is 0 Å². The predicted octanol–water partition coefficient (Wildman–Crippen LogP) is 3.16. The van der Waals surface area contributed by atoms with E-state index in [0.717, 1.165) is 13.0 Å². The highest BCUT2D eigenvalue weighted by Crippen LogP contribution is 2.23. The molecule has 2 aromatic rings. The van der Waals surface area contributed by atoms with Gasteiger partial charge in [0.25, 0.3) is 10.0 Å². The number of hydrogen-bond donors (Lipinski definition) is 3. The monoisotopic (exact) mass is 397 g/mol. The summed E-state index contributed by atoms with van der Waals surface area (Å²) < 4.78 is 27.8. The highest BCUT2D eigenvalue weighted by atomic mass is 35.5. The summed E-state index contributed by atoms with van der Waals surface area (Å²) in [6, 6.07) is 13.6. The molecule has 0 bridgehead atoms. The van der Waals surface area contributed by atoms with Crippen LogP contribution in [-0.4, -0.2) is 27.9 Å². The van der Waals surface area contributed by atoms with E-state index < -0.39 is 10.0 Å². The summed E-state index contributed by atoms with van der Waals surface area (Å²) in [5, 5.41) is 5.72. The van der Waals surface area contributed by atoms with Crippen molar-refractivity contribution in [3.8, 4) is 0 Å². The normalized spacial score (nSPS) is 10.7. The van der Waals surface area contributed by atoms with Gasteiger partial charge in [-0.25, -0.2) is 8.42 Å². The van der Waals surface area contributed by atoms with Crippen molar-refractivity contribution in [2.45, 2.75) is 24.7 Å². The van der Waals surface area contributed by atoms with E-state index in [1.165, 1.54) is 6.07 Å². The van der Waals surface area contributed by atoms with Gasteiger partial charge in [-0.2, -0.15) is 0 Å². The number of amides is 1. The van der Waals surface area contributed by atoms with Crippen LogP contribution in [0.3, 0.4) is 0 Å². The summed E-state index contributed by atoms with van der Waals surface area (Å²) in [6.45, 7) is 2.47.